The first-order chi connectivity index (χ1) is 12.1. The SMILES string of the molecule is CO[C@@H](C(=O)N/N=C\c1ccc(OCC(C)C)cc1)c1ccccc1. The van der Waals surface area contributed by atoms with Crippen LogP contribution in [0.25, 0.3) is 0 Å². The van der Waals surface area contributed by atoms with E-state index in [-0.39, 0.29) is 5.91 Å². The Kier molecular flexibility index (Phi) is 7.16. The summed E-state index contributed by atoms with van der Waals surface area (Å²) in [6.07, 6.45) is 0.895. The first-order valence-corrected chi connectivity index (χ1v) is 8.23. The van der Waals surface area contributed by atoms with Gasteiger partial charge in [-0.25, -0.2) is 5.43 Å². The van der Waals surface area contributed by atoms with E-state index in [1.165, 1.54) is 7.11 Å². The number of nitrogens with one attached hydrogen (secondary N) is 1. The van der Waals surface area contributed by atoms with Gasteiger partial charge in [0.05, 0.1) is 12.8 Å². The summed E-state index contributed by atoms with van der Waals surface area (Å²) in [5, 5.41) is 3.99. The molecule has 2 aromatic carbocycles. The molecule has 0 spiro atoms. The predicted octanol–water partition coefficient (Wildman–Crippen LogP) is 3.56. The minimum atomic E-state index is -0.690. The van der Waals surface area contributed by atoms with Gasteiger partial charge < -0.3 is 9.47 Å². The lowest BCUT2D eigenvalue weighted by Gasteiger charge is -2.13. The van der Waals surface area contributed by atoms with Crippen LogP contribution in [0.4, 0.5) is 0 Å². The number of hydrogen-bond donors (Lipinski definition) is 1. The maximum absolute atomic E-state index is 12.2. The van der Waals surface area contributed by atoms with Gasteiger partial charge in [-0.2, -0.15) is 5.10 Å². The zero-order valence-electron chi connectivity index (χ0n) is 14.8. The molecule has 2 rings (SSSR count). The lowest BCUT2D eigenvalue weighted by Crippen LogP contribution is -2.26. The molecule has 0 fully saturated rings. The van der Waals surface area contributed by atoms with E-state index in [1.807, 2.05) is 54.6 Å². The summed E-state index contributed by atoms with van der Waals surface area (Å²) in [5.41, 5.74) is 4.16. The summed E-state index contributed by atoms with van der Waals surface area (Å²) in [4.78, 5) is 12.2. The van der Waals surface area contributed by atoms with Crippen molar-refractivity contribution in [2.45, 2.75) is 20.0 Å². The van der Waals surface area contributed by atoms with E-state index < -0.39 is 6.10 Å². The summed E-state index contributed by atoms with van der Waals surface area (Å²) < 4.78 is 10.9. The molecule has 2 aromatic rings. The molecule has 25 heavy (non-hydrogen) atoms. The summed E-state index contributed by atoms with van der Waals surface area (Å²) in [5.74, 6) is 0.982. The van der Waals surface area contributed by atoms with Crippen LogP contribution in [0.5, 0.6) is 5.75 Å². The van der Waals surface area contributed by atoms with Crippen molar-refractivity contribution in [3.05, 3.63) is 65.7 Å². The summed E-state index contributed by atoms with van der Waals surface area (Å²) >= 11 is 0. The average molecular weight is 340 g/mol. The van der Waals surface area contributed by atoms with E-state index in [0.29, 0.717) is 12.5 Å². The molecule has 1 amide bonds. The van der Waals surface area contributed by atoms with Crippen molar-refractivity contribution in [1.29, 1.82) is 0 Å². The minimum absolute atomic E-state index is 0.318. The van der Waals surface area contributed by atoms with Crippen LogP contribution in [0.15, 0.2) is 59.7 Å². The van der Waals surface area contributed by atoms with Gasteiger partial charge in [-0.3, -0.25) is 4.79 Å². The fraction of sp³-hybridized carbons (Fsp3) is 0.300. The maximum atomic E-state index is 12.2. The van der Waals surface area contributed by atoms with E-state index in [0.717, 1.165) is 16.9 Å². The van der Waals surface area contributed by atoms with Gasteiger partial charge in [-0.05, 0) is 41.3 Å². The second kappa shape index (κ2) is 9.59. The normalized spacial score (nSPS) is 12.3. The molecular formula is C20H24N2O3. The number of benzene rings is 2. The number of amides is 1. The lowest BCUT2D eigenvalue weighted by atomic mass is 10.1. The molecular weight excluding hydrogens is 316 g/mol. The van der Waals surface area contributed by atoms with Crippen LogP contribution in [-0.4, -0.2) is 25.8 Å². The van der Waals surface area contributed by atoms with E-state index in [4.69, 9.17) is 9.47 Å². The molecule has 5 heteroatoms. The molecule has 0 aliphatic heterocycles. The molecule has 0 unspecified atom stereocenters. The van der Waals surface area contributed by atoms with Crippen molar-refractivity contribution in [1.82, 2.24) is 5.43 Å². The van der Waals surface area contributed by atoms with Crippen LogP contribution >= 0.6 is 0 Å². The fourth-order valence-electron chi connectivity index (χ4n) is 2.16. The number of hydrogen-bond acceptors (Lipinski definition) is 4. The second-order valence-corrected chi connectivity index (χ2v) is 6.03. The monoisotopic (exact) mass is 340 g/mol. The molecule has 0 saturated heterocycles. The molecule has 5 nitrogen and oxygen atoms in total. The van der Waals surface area contributed by atoms with Gasteiger partial charge in [-0.15, -0.1) is 0 Å². The van der Waals surface area contributed by atoms with E-state index in [2.05, 4.69) is 24.4 Å². The van der Waals surface area contributed by atoms with Crippen LogP contribution in [0.2, 0.25) is 0 Å². The second-order valence-electron chi connectivity index (χ2n) is 6.03. The molecule has 0 saturated carbocycles. The van der Waals surface area contributed by atoms with Gasteiger partial charge in [0.15, 0.2) is 6.10 Å². The Morgan fingerprint density at radius 3 is 2.40 bits per heavy atom. The number of carbonyl (C=O) groups is 1. The number of methoxy groups -OCH3 is 1. The van der Waals surface area contributed by atoms with Crippen molar-refractivity contribution in [2.24, 2.45) is 11.0 Å². The summed E-state index contributed by atoms with van der Waals surface area (Å²) in [6, 6.07) is 16.8. The standard InChI is InChI=1S/C20H24N2O3/c1-15(2)14-25-18-11-9-16(10-12-18)13-21-22-20(23)19(24-3)17-7-5-4-6-8-17/h4-13,15,19H,14H2,1-3H3,(H,22,23)/b21-13-/t19-/m1/s1. The van der Waals surface area contributed by atoms with Crippen LogP contribution in [0, 0.1) is 5.92 Å². The third kappa shape index (κ3) is 6.04. The molecule has 132 valence electrons. The fourth-order valence-corrected chi connectivity index (χ4v) is 2.16. The van der Waals surface area contributed by atoms with Crippen molar-refractivity contribution >= 4 is 12.1 Å². The molecule has 0 aliphatic carbocycles. The Morgan fingerprint density at radius 2 is 1.80 bits per heavy atom. The zero-order valence-corrected chi connectivity index (χ0v) is 14.8. The Bertz CT molecular complexity index is 682. The zero-order chi connectivity index (χ0) is 18.1. The van der Waals surface area contributed by atoms with Crippen LogP contribution in [-0.2, 0) is 9.53 Å². The molecule has 0 aliphatic rings. The Morgan fingerprint density at radius 1 is 1.12 bits per heavy atom. The molecule has 0 aromatic heterocycles. The highest BCUT2D eigenvalue weighted by molar-refractivity contribution is 5.85. The lowest BCUT2D eigenvalue weighted by molar-refractivity contribution is -0.131. The Balaban J connectivity index is 1.90. The van der Waals surface area contributed by atoms with Gasteiger partial charge in [0.2, 0.25) is 0 Å². The molecule has 0 radical (unpaired) electrons. The van der Waals surface area contributed by atoms with Crippen LogP contribution < -0.4 is 10.2 Å². The first kappa shape index (κ1) is 18.7. The van der Waals surface area contributed by atoms with E-state index >= 15 is 0 Å². The van der Waals surface area contributed by atoms with Crippen molar-refractivity contribution < 1.29 is 14.3 Å². The number of ether oxygens (including phenoxy) is 2. The van der Waals surface area contributed by atoms with Crippen molar-refractivity contribution in [2.75, 3.05) is 13.7 Å². The quantitative estimate of drug-likeness (QED) is 0.590. The van der Waals surface area contributed by atoms with Crippen molar-refractivity contribution in [3.63, 3.8) is 0 Å². The highest BCUT2D eigenvalue weighted by atomic mass is 16.5. The average Bonchev–Trinajstić information content (AvgIpc) is 2.62. The third-order valence-corrected chi connectivity index (χ3v) is 3.43. The van der Waals surface area contributed by atoms with Crippen LogP contribution in [0.3, 0.4) is 0 Å². The van der Waals surface area contributed by atoms with Gasteiger partial charge in [0, 0.05) is 7.11 Å². The van der Waals surface area contributed by atoms with Gasteiger partial charge in [0.25, 0.3) is 5.91 Å². The summed E-state index contributed by atoms with van der Waals surface area (Å²) in [7, 11) is 1.50. The van der Waals surface area contributed by atoms with Gasteiger partial charge in [0.1, 0.15) is 5.75 Å². The molecule has 0 heterocycles. The number of hydrazone groups is 1. The Labute approximate surface area is 148 Å². The molecule has 0 bridgehead atoms. The van der Waals surface area contributed by atoms with Gasteiger partial charge in [-0.1, -0.05) is 44.2 Å². The number of rotatable bonds is 8. The van der Waals surface area contributed by atoms with E-state index in [9.17, 15) is 4.79 Å². The molecule has 1 N–H and O–H groups in total. The number of carbonyl (C=O) groups excluding carboxylic acids is 1. The van der Waals surface area contributed by atoms with E-state index in [1.54, 1.807) is 6.21 Å². The maximum Gasteiger partial charge on any atom is 0.273 e. The largest absolute Gasteiger partial charge is 0.493 e. The minimum Gasteiger partial charge on any atom is -0.493 e. The predicted molar refractivity (Wildman–Crippen MR) is 98.7 cm³/mol. The first-order valence-electron chi connectivity index (χ1n) is 8.23. The third-order valence-electron chi connectivity index (χ3n) is 3.43. The highest BCUT2D eigenvalue weighted by Gasteiger charge is 2.18. The smallest absolute Gasteiger partial charge is 0.273 e. The highest BCUT2D eigenvalue weighted by Crippen LogP contribution is 2.16. The summed E-state index contributed by atoms with van der Waals surface area (Å²) in [6.45, 7) is 4.89. The van der Waals surface area contributed by atoms with Gasteiger partial charge >= 0.3 is 0 Å². The van der Waals surface area contributed by atoms with Crippen LogP contribution in [0.1, 0.15) is 31.1 Å². The van der Waals surface area contributed by atoms with Crippen molar-refractivity contribution in [3.8, 4) is 5.75 Å². The number of nitrogens with zero attached hydrogens (tertiary/aromatic N) is 1. The Hall–Kier alpha value is -2.66. The topological polar surface area (TPSA) is 59.9 Å². The molecule has 1 atom stereocenters.